The molecular formula is C21H26FN7. The van der Waals surface area contributed by atoms with E-state index in [9.17, 15) is 4.39 Å². The Balaban J connectivity index is 1.71. The molecule has 0 amide bonds. The quantitative estimate of drug-likeness (QED) is 0.610. The van der Waals surface area contributed by atoms with Crippen molar-refractivity contribution in [3.05, 3.63) is 30.1 Å². The summed E-state index contributed by atoms with van der Waals surface area (Å²) in [6.45, 7) is -0.241. The summed E-state index contributed by atoms with van der Waals surface area (Å²) in [5.41, 5.74) is 10.3. The topological polar surface area (TPSA) is 93.5 Å². The summed E-state index contributed by atoms with van der Waals surface area (Å²) in [6, 6.07) is 5.99. The second-order valence-corrected chi connectivity index (χ2v) is 7.40. The van der Waals surface area contributed by atoms with Crippen LogP contribution in [0.4, 0.5) is 21.8 Å². The highest BCUT2D eigenvalue weighted by Gasteiger charge is 2.18. The average molecular weight is 395 g/mol. The average Bonchev–Trinajstić information content (AvgIpc) is 3.12. The van der Waals surface area contributed by atoms with E-state index in [1.54, 1.807) is 4.52 Å². The Kier molecular flexibility index (Phi) is 5.69. The zero-order valence-corrected chi connectivity index (χ0v) is 16.6. The van der Waals surface area contributed by atoms with Gasteiger partial charge in [-0.15, -0.1) is 5.10 Å². The van der Waals surface area contributed by atoms with E-state index < -0.39 is 0 Å². The number of alkyl halides is 1. The summed E-state index contributed by atoms with van der Waals surface area (Å²) in [5, 5.41) is 7.35. The van der Waals surface area contributed by atoms with E-state index in [0.717, 1.165) is 60.3 Å². The fraction of sp³-hybridized carbons (Fsp3) is 0.429. The molecule has 1 aliphatic rings. The van der Waals surface area contributed by atoms with Crippen LogP contribution in [0.15, 0.2) is 29.4 Å². The number of nitrogens with two attached hydrogens (primary N) is 1. The molecule has 29 heavy (non-hydrogen) atoms. The molecule has 3 aromatic heterocycles. The molecule has 0 radical (unpaired) electrons. The van der Waals surface area contributed by atoms with Crippen molar-refractivity contribution in [3.8, 4) is 11.3 Å². The van der Waals surface area contributed by atoms with Crippen LogP contribution in [-0.4, -0.2) is 39.5 Å². The van der Waals surface area contributed by atoms with E-state index in [1.807, 2.05) is 37.7 Å². The molecule has 0 fully saturated rings. The van der Waals surface area contributed by atoms with Crippen molar-refractivity contribution in [2.24, 2.45) is 10.9 Å². The van der Waals surface area contributed by atoms with Crippen molar-refractivity contribution in [1.29, 1.82) is 0 Å². The number of nitrogens with zero attached hydrogens (tertiary/aromatic N) is 5. The number of unbranched alkanes of at least 4 members (excludes halogenated alkanes) is 1. The Morgan fingerprint density at radius 2 is 2.14 bits per heavy atom. The first-order valence-electron chi connectivity index (χ1n) is 10.1. The van der Waals surface area contributed by atoms with Crippen LogP contribution in [0.3, 0.4) is 0 Å². The lowest BCUT2D eigenvalue weighted by atomic mass is 9.90. The molecule has 1 atom stereocenters. The first-order chi connectivity index (χ1) is 14.2. The van der Waals surface area contributed by atoms with Gasteiger partial charge >= 0.3 is 0 Å². The standard InChI is InChI=1S/C21H26FN7/c1-24-20-19-15(9-12-29(19)28-21(23)27-20)16-7-8-17-18(26-16)13-14(5-2-3-10-22)6-4-11-25-17/h7-9,11-12,14H,2-6,10,13H2,1H3,(H3,23,24,27,28). The number of hydrogen-bond donors (Lipinski definition) is 2. The maximum Gasteiger partial charge on any atom is 0.240 e. The molecule has 3 aromatic rings. The van der Waals surface area contributed by atoms with Crippen LogP contribution in [0.25, 0.3) is 16.8 Å². The molecule has 1 aliphatic heterocycles. The highest BCUT2D eigenvalue weighted by Crippen LogP contribution is 2.33. The smallest absolute Gasteiger partial charge is 0.240 e. The van der Waals surface area contributed by atoms with Crippen molar-refractivity contribution < 1.29 is 4.39 Å². The number of fused-ring (bicyclic) bond motifs is 2. The third-order valence-electron chi connectivity index (χ3n) is 5.40. The molecular weight excluding hydrogens is 369 g/mol. The third-order valence-corrected chi connectivity index (χ3v) is 5.40. The summed E-state index contributed by atoms with van der Waals surface area (Å²) < 4.78 is 14.2. The Bertz CT molecular complexity index is 1030. The first-order valence-corrected chi connectivity index (χ1v) is 10.1. The number of hydrogen-bond acceptors (Lipinski definition) is 6. The molecule has 0 saturated heterocycles. The van der Waals surface area contributed by atoms with Gasteiger partial charge in [0.2, 0.25) is 5.95 Å². The van der Waals surface area contributed by atoms with E-state index in [2.05, 4.69) is 20.4 Å². The molecule has 7 nitrogen and oxygen atoms in total. The second-order valence-electron chi connectivity index (χ2n) is 7.40. The van der Waals surface area contributed by atoms with Gasteiger partial charge in [-0.3, -0.25) is 14.4 Å². The van der Waals surface area contributed by atoms with Gasteiger partial charge < -0.3 is 11.1 Å². The van der Waals surface area contributed by atoms with Crippen molar-refractivity contribution >= 4 is 29.2 Å². The number of anilines is 2. The van der Waals surface area contributed by atoms with Crippen LogP contribution < -0.4 is 11.1 Å². The van der Waals surface area contributed by atoms with Crippen LogP contribution in [0.2, 0.25) is 0 Å². The van der Waals surface area contributed by atoms with E-state index in [-0.39, 0.29) is 12.6 Å². The predicted octanol–water partition coefficient (Wildman–Crippen LogP) is 4.21. The van der Waals surface area contributed by atoms with Crippen molar-refractivity contribution in [2.45, 2.75) is 38.5 Å². The number of rotatable bonds is 6. The van der Waals surface area contributed by atoms with Gasteiger partial charge in [0.15, 0.2) is 5.82 Å². The van der Waals surface area contributed by atoms with Gasteiger partial charge in [-0.05, 0) is 56.2 Å². The number of nitrogens with one attached hydrogen (secondary N) is 1. The van der Waals surface area contributed by atoms with Crippen molar-refractivity contribution in [1.82, 2.24) is 19.6 Å². The molecule has 4 heterocycles. The van der Waals surface area contributed by atoms with E-state index >= 15 is 0 Å². The van der Waals surface area contributed by atoms with E-state index in [0.29, 0.717) is 18.2 Å². The number of aliphatic imine (C=N–C) groups is 1. The van der Waals surface area contributed by atoms with Gasteiger partial charge in [0, 0.05) is 25.0 Å². The monoisotopic (exact) mass is 395 g/mol. The number of nitrogen functional groups attached to an aromatic ring is 1. The summed E-state index contributed by atoms with van der Waals surface area (Å²) in [4.78, 5) is 13.9. The molecule has 4 rings (SSSR count). The fourth-order valence-corrected chi connectivity index (χ4v) is 3.96. The third kappa shape index (κ3) is 4.06. The molecule has 0 saturated carbocycles. The highest BCUT2D eigenvalue weighted by molar-refractivity contribution is 5.87. The molecule has 0 bridgehead atoms. The fourth-order valence-electron chi connectivity index (χ4n) is 3.96. The predicted molar refractivity (Wildman–Crippen MR) is 115 cm³/mol. The van der Waals surface area contributed by atoms with Crippen LogP contribution >= 0.6 is 0 Å². The van der Waals surface area contributed by atoms with Gasteiger partial charge in [0.1, 0.15) is 5.52 Å². The lowest BCUT2D eigenvalue weighted by Gasteiger charge is -2.19. The normalized spacial score (nSPS) is 16.4. The molecule has 0 aromatic carbocycles. The van der Waals surface area contributed by atoms with Crippen molar-refractivity contribution in [3.63, 3.8) is 0 Å². The SMILES string of the molecule is CNc1nc(N)nn2ccc(-c3ccc4c(n3)CC(CCCCF)CCC=N4)c12. The van der Waals surface area contributed by atoms with Crippen LogP contribution in [-0.2, 0) is 6.42 Å². The van der Waals surface area contributed by atoms with E-state index in [1.165, 1.54) is 0 Å². The summed E-state index contributed by atoms with van der Waals surface area (Å²) in [6.07, 6.45) is 9.30. The molecule has 152 valence electrons. The molecule has 1 unspecified atom stereocenters. The number of aromatic nitrogens is 4. The Hall–Kier alpha value is -3.03. The van der Waals surface area contributed by atoms with Crippen molar-refractivity contribution in [2.75, 3.05) is 24.8 Å². The highest BCUT2D eigenvalue weighted by atomic mass is 19.1. The molecule has 0 spiro atoms. The maximum atomic E-state index is 12.5. The summed E-state index contributed by atoms with van der Waals surface area (Å²) in [5.74, 6) is 1.37. The summed E-state index contributed by atoms with van der Waals surface area (Å²) in [7, 11) is 1.81. The minimum atomic E-state index is -0.241. The first kappa shape index (κ1) is 19.3. The Morgan fingerprint density at radius 1 is 1.24 bits per heavy atom. The largest absolute Gasteiger partial charge is 0.371 e. The Labute approximate surface area is 169 Å². The zero-order chi connectivity index (χ0) is 20.2. The minimum Gasteiger partial charge on any atom is -0.371 e. The Morgan fingerprint density at radius 3 is 2.97 bits per heavy atom. The van der Waals surface area contributed by atoms with Crippen LogP contribution in [0.5, 0.6) is 0 Å². The minimum absolute atomic E-state index is 0.209. The molecule has 0 aliphatic carbocycles. The number of halogens is 1. The zero-order valence-electron chi connectivity index (χ0n) is 16.6. The lowest BCUT2D eigenvalue weighted by molar-refractivity contribution is 0.397. The summed E-state index contributed by atoms with van der Waals surface area (Å²) >= 11 is 0. The van der Waals surface area contributed by atoms with Gasteiger partial charge in [0.25, 0.3) is 0 Å². The lowest BCUT2D eigenvalue weighted by Crippen LogP contribution is -2.09. The van der Waals surface area contributed by atoms with E-state index in [4.69, 9.17) is 10.7 Å². The van der Waals surface area contributed by atoms with Gasteiger partial charge in [-0.25, -0.2) is 4.52 Å². The second kappa shape index (κ2) is 8.55. The maximum absolute atomic E-state index is 12.5. The molecule has 8 heteroatoms. The van der Waals surface area contributed by atoms with Crippen LogP contribution in [0.1, 0.15) is 37.8 Å². The van der Waals surface area contributed by atoms with Gasteiger partial charge in [-0.1, -0.05) is 6.42 Å². The van der Waals surface area contributed by atoms with Gasteiger partial charge in [-0.2, -0.15) is 4.98 Å². The van der Waals surface area contributed by atoms with Gasteiger partial charge in [0.05, 0.1) is 23.7 Å². The van der Waals surface area contributed by atoms with Crippen LogP contribution in [0, 0.1) is 5.92 Å². The molecule has 3 N–H and O–H groups in total. The number of pyridine rings is 1.